The Morgan fingerprint density at radius 2 is 1.50 bits per heavy atom. The number of carbonyl (C=O) groups excluding carboxylic acids is 1. The highest BCUT2D eigenvalue weighted by Gasteiger charge is 2.19. The molecule has 1 aromatic heterocycles. The third-order valence-corrected chi connectivity index (χ3v) is 7.63. The normalized spacial score (nSPS) is 14.9. The lowest BCUT2D eigenvalue weighted by Gasteiger charge is -2.29. The summed E-state index contributed by atoms with van der Waals surface area (Å²) < 4.78 is 40.7. The van der Waals surface area contributed by atoms with Gasteiger partial charge in [0.2, 0.25) is 11.9 Å². The molecule has 0 unspecified atom stereocenters. The molecule has 2 aliphatic heterocycles. The number of nitrogens with one attached hydrogen (secondary N) is 3. The van der Waals surface area contributed by atoms with E-state index in [2.05, 4.69) is 27.5 Å². The number of nitrogens with zero attached hydrogens (tertiary/aromatic N) is 4. The SMILES string of the molecule is C=CC(=O)Nc1cc(-c2nc(Nc3ccc(O)c(N4CCOCC4)c3)ncc2Nc2ccc(N3CCOCC3)c(F)c2)ccc1F. The van der Waals surface area contributed by atoms with Crippen molar-refractivity contribution in [1.29, 1.82) is 0 Å². The number of phenols is 1. The first-order valence-electron chi connectivity index (χ1n) is 14.8. The molecule has 11 nitrogen and oxygen atoms in total. The van der Waals surface area contributed by atoms with Gasteiger partial charge in [-0.05, 0) is 60.7 Å². The maximum Gasteiger partial charge on any atom is 0.247 e. The molecular weight excluding hydrogens is 596 g/mol. The quantitative estimate of drug-likeness (QED) is 0.141. The van der Waals surface area contributed by atoms with Crippen molar-refractivity contribution < 1.29 is 28.2 Å². The maximum absolute atomic E-state index is 15.2. The van der Waals surface area contributed by atoms with Gasteiger partial charge in [0.05, 0.1) is 61.1 Å². The fourth-order valence-electron chi connectivity index (χ4n) is 5.29. The molecule has 13 heteroatoms. The van der Waals surface area contributed by atoms with Crippen molar-refractivity contribution in [3.8, 4) is 17.0 Å². The first-order chi connectivity index (χ1) is 22.4. The fourth-order valence-corrected chi connectivity index (χ4v) is 5.29. The number of aromatic hydroxyl groups is 1. The zero-order valence-corrected chi connectivity index (χ0v) is 24.9. The summed E-state index contributed by atoms with van der Waals surface area (Å²) in [4.78, 5) is 25.1. The van der Waals surface area contributed by atoms with Crippen LogP contribution in [0.15, 0.2) is 73.4 Å². The van der Waals surface area contributed by atoms with Crippen molar-refractivity contribution in [1.82, 2.24) is 9.97 Å². The molecule has 0 bridgehead atoms. The maximum atomic E-state index is 15.2. The van der Waals surface area contributed by atoms with Gasteiger partial charge >= 0.3 is 0 Å². The molecule has 0 atom stereocenters. The Morgan fingerprint density at radius 1 is 0.826 bits per heavy atom. The van der Waals surface area contributed by atoms with Crippen molar-refractivity contribution in [2.75, 3.05) is 78.4 Å². The van der Waals surface area contributed by atoms with Crippen LogP contribution in [-0.2, 0) is 14.3 Å². The van der Waals surface area contributed by atoms with Gasteiger partial charge in [-0.15, -0.1) is 0 Å². The van der Waals surface area contributed by atoms with E-state index in [9.17, 15) is 14.3 Å². The Labute approximate surface area is 264 Å². The summed E-state index contributed by atoms with van der Waals surface area (Å²) in [5.41, 5.74) is 3.38. The predicted octanol–water partition coefficient (Wildman–Crippen LogP) is 5.41. The van der Waals surface area contributed by atoms with Crippen LogP contribution < -0.4 is 25.8 Å². The number of benzene rings is 3. The molecule has 6 rings (SSSR count). The van der Waals surface area contributed by atoms with Crippen LogP contribution in [-0.4, -0.2) is 73.6 Å². The van der Waals surface area contributed by atoms with E-state index in [0.717, 1.165) is 6.08 Å². The Bertz CT molecular complexity index is 1740. The second kappa shape index (κ2) is 13.8. The number of rotatable bonds is 9. The lowest BCUT2D eigenvalue weighted by molar-refractivity contribution is -0.111. The number of aromatic nitrogens is 2. The number of carbonyl (C=O) groups is 1. The Morgan fingerprint density at radius 3 is 2.20 bits per heavy atom. The summed E-state index contributed by atoms with van der Waals surface area (Å²) in [6, 6.07) is 14.1. The molecule has 0 aliphatic carbocycles. The molecule has 2 aliphatic rings. The van der Waals surface area contributed by atoms with Crippen molar-refractivity contribution in [3.63, 3.8) is 0 Å². The Balaban J connectivity index is 1.34. The number of halogens is 2. The van der Waals surface area contributed by atoms with E-state index in [1.165, 1.54) is 30.5 Å². The summed E-state index contributed by atoms with van der Waals surface area (Å²) in [5, 5.41) is 19.4. The molecule has 46 heavy (non-hydrogen) atoms. The lowest BCUT2D eigenvalue weighted by atomic mass is 10.1. The zero-order valence-electron chi connectivity index (χ0n) is 24.9. The second-order valence-corrected chi connectivity index (χ2v) is 10.7. The highest BCUT2D eigenvalue weighted by atomic mass is 19.1. The van der Waals surface area contributed by atoms with Crippen LogP contribution in [0.25, 0.3) is 11.3 Å². The van der Waals surface area contributed by atoms with Gasteiger partial charge in [-0.1, -0.05) is 6.58 Å². The third kappa shape index (κ3) is 7.00. The topological polar surface area (TPSA) is 124 Å². The first-order valence-corrected chi connectivity index (χ1v) is 14.8. The molecule has 3 heterocycles. The third-order valence-electron chi connectivity index (χ3n) is 7.63. The van der Waals surface area contributed by atoms with E-state index in [-0.39, 0.29) is 17.4 Å². The van der Waals surface area contributed by atoms with E-state index in [4.69, 9.17) is 14.5 Å². The number of amides is 1. The number of anilines is 7. The van der Waals surface area contributed by atoms with Gasteiger partial charge in [-0.2, -0.15) is 0 Å². The molecular formula is C33H33F2N7O4. The minimum Gasteiger partial charge on any atom is -0.506 e. The van der Waals surface area contributed by atoms with Crippen LogP contribution in [0.2, 0.25) is 0 Å². The van der Waals surface area contributed by atoms with Crippen LogP contribution in [0.1, 0.15) is 0 Å². The van der Waals surface area contributed by atoms with Crippen molar-refractivity contribution in [2.45, 2.75) is 0 Å². The highest BCUT2D eigenvalue weighted by molar-refractivity contribution is 5.99. The number of ether oxygens (including phenoxy) is 2. The van der Waals surface area contributed by atoms with Gasteiger partial charge in [0, 0.05) is 43.1 Å². The minimum atomic E-state index is -0.638. The van der Waals surface area contributed by atoms with Gasteiger partial charge in [0.1, 0.15) is 17.4 Å². The largest absolute Gasteiger partial charge is 0.506 e. The van der Waals surface area contributed by atoms with Gasteiger partial charge in [-0.25, -0.2) is 18.7 Å². The van der Waals surface area contributed by atoms with Gasteiger partial charge in [0.25, 0.3) is 0 Å². The van der Waals surface area contributed by atoms with E-state index in [1.807, 2.05) is 9.80 Å². The smallest absolute Gasteiger partial charge is 0.247 e. The van der Waals surface area contributed by atoms with Gasteiger partial charge in [0.15, 0.2) is 0 Å². The zero-order chi connectivity index (χ0) is 32.0. The number of morpholine rings is 2. The standard InChI is InChI=1S/C33H33F2N7O4/c1-2-31(44)39-26-17-21(3-6-24(26)34)32-27(37-22-4-7-28(25(35)18-22)41-9-13-45-14-10-41)20-36-33(40-32)38-23-5-8-30(43)29(19-23)42-11-15-46-16-12-42/h2-8,17-20,37,43H,1,9-16H2,(H,39,44)(H,36,38,40). The first kappa shape index (κ1) is 30.7. The highest BCUT2D eigenvalue weighted by Crippen LogP contribution is 2.35. The lowest BCUT2D eigenvalue weighted by Crippen LogP contribution is -2.36. The molecule has 0 saturated carbocycles. The van der Waals surface area contributed by atoms with Crippen molar-refractivity contribution in [3.05, 3.63) is 85.1 Å². The summed E-state index contributed by atoms with van der Waals surface area (Å²) in [7, 11) is 0. The van der Waals surface area contributed by atoms with E-state index >= 15 is 4.39 Å². The average Bonchev–Trinajstić information content (AvgIpc) is 3.08. The van der Waals surface area contributed by atoms with E-state index < -0.39 is 17.5 Å². The Hall–Kier alpha value is -5.27. The van der Waals surface area contributed by atoms with Gasteiger partial charge < -0.3 is 40.3 Å². The molecule has 4 aromatic rings. The fraction of sp³-hybridized carbons (Fsp3) is 0.242. The molecule has 0 spiro atoms. The van der Waals surface area contributed by atoms with Crippen molar-refractivity contribution >= 4 is 46.0 Å². The van der Waals surface area contributed by atoms with E-state index in [1.54, 1.807) is 30.3 Å². The van der Waals surface area contributed by atoms with Crippen LogP contribution in [0.3, 0.4) is 0 Å². The van der Waals surface area contributed by atoms with Crippen LogP contribution in [0, 0.1) is 11.6 Å². The molecule has 0 radical (unpaired) electrons. The molecule has 238 valence electrons. The average molecular weight is 630 g/mol. The van der Waals surface area contributed by atoms with Crippen LogP contribution in [0.5, 0.6) is 5.75 Å². The summed E-state index contributed by atoms with van der Waals surface area (Å²) in [6.45, 7) is 8.09. The summed E-state index contributed by atoms with van der Waals surface area (Å²) in [6.07, 6.45) is 2.58. The van der Waals surface area contributed by atoms with Crippen molar-refractivity contribution in [2.24, 2.45) is 0 Å². The molecule has 1 amide bonds. The van der Waals surface area contributed by atoms with E-state index in [0.29, 0.717) is 92.3 Å². The van der Waals surface area contributed by atoms with Crippen LogP contribution in [0.4, 0.5) is 48.9 Å². The molecule has 2 saturated heterocycles. The second-order valence-electron chi connectivity index (χ2n) is 10.7. The monoisotopic (exact) mass is 629 g/mol. The number of hydrogen-bond acceptors (Lipinski definition) is 10. The number of phenolic OH excluding ortho intramolecular Hbond substituents is 1. The minimum absolute atomic E-state index is 0.0592. The predicted molar refractivity (Wildman–Crippen MR) is 173 cm³/mol. The summed E-state index contributed by atoms with van der Waals surface area (Å²) >= 11 is 0. The number of hydrogen-bond donors (Lipinski definition) is 4. The Kier molecular flexibility index (Phi) is 9.22. The van der Waals surface area contributed by atoms with Crippen LogP contribution >= 0.6 is 0 Å². The summed E-state index contributed by atoms with van der Waals surface area (Å²) in [5.74, 6) is -1.25. The molecule has 2 fully saturated rings. The molecule has 4 N–H and O–H groups in total. The van der Waals surface area contributed by atoms with Gasteiger partial charge in [-0.3, -0.25) is 4.79 Å². The molecule has 3 aromatic carbocycles.